The number of carbonyl (C=O) groups is 1. The summed E-state index contributed by atoms with van der Waals surface area (Å²) in [4.78, 5) is 14.0. The van der Waals surface area contributed by atoms with Crippen LogP contribution in [0.1, 0.15) is 22.5 Å². The third-order valence-corrected chi connectivity index (χ3v) is 9.55. The second-order valence-corrected chi connectivity index (χ2v) is 12.6. The zero-order valence-electron chi connectivity index (χ0n) is 22.4. The van der Waals surface area contributed by atoms with Crippen molar-refractivity contribution < 1.29 is 13.2 Å². The van der Waals surface area contributed by atoms with Gasteiger partial charge in [-0.05, 0) is 87.7 Å². The number of anilines is 1. The Morgan fingerprint density at radius 3 is 2.27 bits per heavy atom. The average Bonchev–Trinajstić information content (AvgIpc) is 3.22. The fraction of sp³-hybridized carbons (Fsp3) is 0.172. The van der Waals surface area contributed by atoms with Crippen LogP contribution in [0.4, 0.5) is 5.69 Å². The highest BCUT2D eigenvalue weighted by molar-refractivity contribution is 7.98. The number of sulfonamides is 1. The van der Waals surface area contributed by atoms with Crippen LogP contribution in [-0.2, 0) is 14.8 Å². The Balaban J connectivity index is 1.55. The molecule has 0 radical (unpaired) electrons. The number of hydrazone groups is 1. The Kier molecular flexibility index (Phi) is 9.30. The summed E-state index contributed by atoms with van der Waals surface area (Å²) < 4.78 is 30.3. The first-order valence-corrected chi connectivity index (χ1v) is 15.6. The highest BCUT2D eigenvalue weighted by Crippen LogP contribution is 2.28. The van der Waals surface area contributed by atoms with Crippen LogP contribution < -0.4 is 9.73 Å². The molecule has 4 aromatic rings. The largest absolute Gasteiger partial charge is 0.318 e. The van der Waals surface area contributed by atoms with Gasteiger partial charge >= 0.3 is 0 Å². The Labute approximate surface area is 248 Å². The molecule has 0 spiro atoms. The molecule has 0 bridgehead atoms. The standard InChI is InChI=1S/C29H28Cl2N4O3S2/c1-19-5-7-23(8-6-19)34(40(37,38)26-12-10-25(39-4)11-13-26)18-29(36)33-32-17-22-15-20(2)35(21(22)3)24-9-14-27(30)28(31)16-24/h5-17H,18H2,1-4H3,(H,33,36)/b32-17-. The molecule has 208 valence electrons. The highest BCUT2D eigenvalue weighted by Gasteiger charge is 2.27. The summed E-state index contributed by atoms with van der Waals surface area (Å²) >= 11 is 13.8. The van der Waals surface area contributed by atoms with Crippen molar-refractivity contribution in [3.8, 4) is 5.69 Å². The van der Waals surface area contributed by atoms with Crippen LogP contribution in [0.2, 0.25) is 10.0 Å². The monoisotopic (exact) mass is 614 g/mol. The van der Waals surface area contributed by atoms with Crippen LogP contribution in [-0.4, -0.2) is 37.9 Å². The Morgan fingerprint density at radius 2 is 1.65 bits per heavy atom. The van der Waals surface area contributed by atoms with Gasteiger partial charge in [-0.2, -0.15) is 5.10 Å². The van der Waals surface area contributed by atoms with Gasteiger partial charge < -0.3 is 4.57 Å². The lowest BCUT2D eigenvalue weighted by molar-refractivity contribution is -0.119. The minimum absolute atomic E-state index is 0.0944. The lowest BCUT2D eigenvalue weighted by atomic mass is 10.2. The molecule has 4 rings (SSSR count). The van der Waals surface area contributed by atoms with Gasteiger partial charge in [0.25, 0.3) is 15.9 Å². The van der Waals surface area contributed by atoms with Crippen molar-refractivity contribution in [1.29, 1.82) is 0 Å². The second-order valence-electron chi connectivity index (χ2n) is 9.08. The number of nitrogens with one attached hydrogen (secondary N) is 1. The summed E-state index contributed by atoms with van der Waals surface area (Å²) in [6, 6.07) is 20.8. The van der Waals surface area contributed by atoms with Gasteiger partial charge in [0.15, 0.2) is 0 Å². The molecular formula is C29H28Cl2N4O3S2. The fourth-order valence-corrected chi connectivity index (χ4v) is 6.30. The van der Waals surface area contributed by atoms with E-state index >= 15 is 0 Å². The van der Waals surface area contributed by atoms with Gasteiger partial charge in [0.1, 0.15) is 6.54 Å². The normalized spacial score (nSPS) is 11.7. The molecule has 0 aliphatic heterocycles. The summed E-state index contributed by atoms with van der Waals surface area (Å²) in [7, 11) is -4.02. The van der Waals surface area contributed by atoms with Gasteiger partial charge in [0.2, 0.25) is 0 Å². The maximum absolute atomic E-state index is 13.6. The molecule has 1 amide bonds. The molecule has 0 saturated heterocycles. The molecule has 40 heavy (non-hydrogen) atoms. The molecule has 7 nitrogen and oxygen atoms in total. The molecule has 0 saturated carbocycles. The smallest absolute Gasteiger partial charge is 0.264 e. The summed E-state index contributed by atoms with van der Waals surface area (Å²) in [5.74, 6) is -0.584. The molecule has 11 heteroatoms. The third-order valence-electron chi connectivity index (χ3n) is 6.28. The van der Waals surface area contributed by atoms with Crippen molar-refractivity contribution in [3.63, 3.8) is 0 Å². The fourth-order valence-electron chi connectivity index (χ4n) is 4.18. The minimum Gasteiger partial charge on any atom is -0.318 e. The van der Waals surface area contributed by atoms with E-state index < -0.39 is 22.5 Å². The number of thioether (sulfide) groups is 1. The predicted molar refractivity (Wildman–Crippen MR) is 165 cm³/mol. The number of hydrogen-bond acceptors (Lipinski definition) is 5. The first-order chi connectivity index (χ1) is 19.0. The molecule has 0 fully saturated rings. The molecule has 1 heterocycles. The lowest BCUT2D eigenvalue weighted by Gasteiger charge is -2.24. The Morgan fingerprint density at radius 1 is 0.975 bits per heavy atom. The van der Waals surface area contributed by atoms with E-state index in [0.717, 1.165) is 37.4 Å². The minimum atomic E-state index is -4.02. The molecule has 0 aliphatic carbocycles. The van der Waals surface area contributed by atoms with Crippen LogP contribution in [0.3, 0.4) is 0 Å². The maximum atomic E-state index is 13.6. The number of carbonyl (C=O) groups excluding carboxylic acids is 1. The second kappa shape index (κ2) is 12.5. The van der Waals surface area contributed by atoms with Crippen molar-refractivity contribution in [2.24, 2.45) is 5.10 Å². The van der Waals surface area contributed by atoms with Crippen LogP contribution in [0.25, 0.3) is 5.69 Å². The van der Waals surface area contributed by atoms with E-state index in [4.69, 9.17) is 23.2 Å². The molecule has 3 aromatic carbocycles. The molecule has 1 N–H and O–H groups in total. The molecule has 0 unspecified atom stereocenters. The van der Waals surface area contributed by atoms with Gasteiger partial charge in [-0.25, -0.2) is 13.8 Å². The summed E-state index contributed by atoms with van der Waals surface area (Å²) in [5.41, 5.74) is 7.26. The number of aromatic nitrogens is 1. The third kappa shape index (κ3) is 6.55. The van der Waals surface area contributed by atoms with E-state index in [1.807, 2.05) is 43.7 Å². The van der Waals surface area contributed by atoms with E-state index in [0.29, 0.717) is 15.7 Å². The first kappa shape index (κ1) is 29.7. The number of rotatable bonds is 9. The van der Waals surface area contributed by atoms with Crippen molar-refractivity contribution in [3.05, 3.63) is 105 Å². The lowest BCUT2D eigenvalue weighted by Crippen LogP contribution is -2.39. The topological polar surface area (TPSA) is 83.8 Å². The van der Waals surface area contributed by atoms with E-state index in [2.05, 4.69) is 10.5 Å². The molecule has 1 aromatic heterocycles. The van der Waals surface area contributed by atoms with Crippen LogP contribution >= 0.6 is 35.0 Å². The number of halogens is 2. The van der Waals surface area contributed by atoms with Crippen LogP contribution in [0.15, 0.2) is 87.7 Å². The van der Waals surface area contributed by atoms with Crippen molar-refractivity contribution in [2.75, 3.05) is 17.1 Å². The number of amides is 1. The average molecular weight is 616 g/mol. The molecular weight excluding hydrogens is 587 g/mol. The van der Waals surface area contributed by atoms with E-state index in [-0.39, 0.29) is 4.90 Å². The SMILES string of the molecule is CSc1ccc(S(=O)(=O)N(CC(=O)N/N=C\c2cc(C)n(-c3ccc(Cl)c(Cl)c3)c2C)c2ccc(C)cc2)cc1. The molecule has 0 aliphatic rings. The number of benzene rings is 3. The zero-order valence-corrected chi connectivity index (χ0v) is 25.5. The zero-order chi connectivity index (χ0) is 29.0. The van der Waals surface area contributed by atoms with Gasteiger partial charge in [0, 0.05) is 27.5 Å². The number of hydrogen-bond donors (Lipinski definition) is 1. The van der Waals surface area contributed by atoms with Crippen molar-refractivity contribution >= 4 is 62.8 Å². The quantitative estimate of drug-likeness (QED) is 0.128. The highest BCUT2D eigenvalue weighted by atomic mass is 35.5. The van der Waals surface area contributed by atoms with Gasteiger partial charge in [-0.1, -0.05) is 40.9 Å². The molecule has 0 atom stereocenters. The van der Waals surface area contributed by atoms with Gasteiger partial charge in [0.05, 0.1) is 26.8 Å². The van der Waals surface area contributed by atoms with E-state index in [1.165, 1.54) is 18.0 Å². The summed E-state index contributed by atoms with van der Waals surface area (Å²) in [6.07, 6.45) is 3.44. The Hall–Kier alpha value is -3.24. The van der Waals surface area contributed by atoms with Gasteiger partial charge in [-0.15, -0.1) is 11.8 Å². The van der Waals surface area contributed by atoms with E-state index in [9.17, 15) is 13.2 Å². The maximum Gasteiger partial charge on any atom is 0.264 e. The Bertz CT molecular complexity index is 1670. The van der Waals surface area contributed by atoms with Crippen molar-refractivity contribution in [2.45, 2.75) is 30.6 Å². The summed E-state index contributed by atoms with van der Waals surface area (Å²) in [5, 5.41) is 5.03. The summed E-state index contributed by atoms with van der Waals surface area (Å²) in [6.45, 7) is 5.33. The number of nitrogens with zero attached hydrogens (tertiary/aromatic N) is 3. The van der Waals surface area contributed by atoms with Crippen LogP contribution in [0.5, 0.6) is 0 Å². The first-order valence-electron chi connectivity index (χ1n) is 12.2. The van der Waals surface area contributed by atoms with Crippen molar-refractivity contribution in [1.82, 2.24) is 9.99 Å². The van der Waals surface area contributed by atoms with E-state index in [1.54, 1.807) is 60.7 Å². The van der Waals surface area contributed by atoms with Gasteiger partial charge in [-0.3, -0.25) is 9.10 Å². The number of aryl methyl sites for hydroxylation is 2. The van der Waals surface area contributed by atoms with Crippen LogP contribution in [0, 0.1) is 20.8 Å². The predicted octanol–water partition coefficient (Wildman–Crippen LogP) is 6.78.